The molecule has 84 valence electrons. The van der Waals surface area contributed by atoms with Crippen molar-refractivity contribution in [1.82, 2.24) is 9.97 Å². The number of nitrogens with one attached hydrogen (secondary N) is 1. The molecular weight excluding hydrogens is 288 g/mol. The van der Waals surface area contributed by atoms with Crippen molar-refractivity contribution < 1.29 is 0 Å². The predicted molar refractivity (Wildman–Crippen MR) is 70.2 cm³/mol. The van der Waals surface area contributed by atoms with Gasteiger partial charge in [-0.15, -0.1) is 0 Å². The van der Waals surface area contributed by atoms with Crippen molar-refractivity contribution in [1.29, 1.82) is 0 Å². The minimum absolute atomic E-state index is 0.346. The zero-order valence-electron chi connectivity index (χ0n) is 8.66. The molecule has 1 aromatic heterocycles. The molecular formula is C12H12BrClN2. The Balaban J connectivity index is 1.97. The zero-order valence-corrected chi connectivity index (χ0v) is 11.0. The van der Waals surface area contributed by atoms with Gasteiger partial charge < -0.3 is 4.98 Å². The molecule has 0 aliphatic heterocycles. The topological polar surface area (TPSA) is 28.7 Å². The smallest absolute Gasteiger partial charge is 0.107 e. The molecule has 0 spiro atoms. The summed E-state index contributed by atoms with van der Waals surface area (Å²) >= 11 is 9.76. The largest absolute Gasteiger partial charge is 0.349 e. The number of alkyl halides is 1. The summed E-state index contributed by atoms with van der Waals surface area (Å²) in [4.78, 5) is 7.64. The van der Waals surface area contributed by atoms with Crippen LogP contribution < -0.4 is 0 Å². The minimum atomic E-state index is 0.346. The summed E-state index contributed by atoms with van der Waals surface area (Å²) in [5.41, 5.74) is 1.16. The highest BCUT2D eigenvalue weighted by molar-refractivity contribution is 9.09. The number of nitrogens with zero attached hydrogens (tertiary/aromatic N) is 1. The number of hydrogen-bond donors (Lipinski definition) is 1. The lowest BCUT2D eigenvalue weighted by atomic mass is 10.1. The van der Waals surface area contributed by atoms with Crippen LogP contribution in [0.15, 0.2) is 36.7 Å². The van der Waals surface area contributed by atoms with Crippen LogP contribution in [0.25, 0.3) is 0 Å². The highest BCUT2D eigenvalue weighted by atomic mass is 79.9. The number of halogens is 2. The van der Waals surface area contributed by atoms with Crippen LogP contribution in [-0.4, -0.2) is 14.8 Å². The third-order valence-electron chi connectivity index (χ3n) is 2.37. The van der Waals surface area contributed by atoms with Crippen LogP contribution in [0.3, 0.4) is 0 Å². The molecule has 1 N–H and O–H groups in total. The van der Waals surface area contributed by atoms with Gasteiger partial charge in [0.2, 0.25) is 0 Å². The van der Waals surface area contributed by atoms with E-state index < -0.39 is 0 Å². The average molecular weight is 300 g/mol. The second-order valence-electron chi connectivity index (χ2n) is 3.63. The molecule has 1 unspecified atom stereocenters. The molecule has 0 aliphatic rings. The van der Waals surface area contributed by atoms with Gasteiger partial charge in [-0.3, -0.25) is 0 Å². The van der Waals surface area contributed by atoms with Gasteiger partial charge in [0.15, 0.2) is 0 Å². The van der Waals surface area contributed by atoms with E-state index in [4.69, 9.17) is 11.6 Å². The van der Waals surface area contributed by atoms with E-state index in [0.717, 1.165) is 29.3 Å². The number of rotatable bonds is 4. The molecule has 0 bridgehead atoms. The van der Waals surface area contributed by atoms with Crippen LogP contribution >= 0.6 is 27.5 Å². The minimum Gasteiger partial charge on any atom is -0.349 e. The molecule has 0 saturated heterocycles. The predicted octanol–water partition coefficient (Wildman–Crippen LogP) is 3.61. The summed E-state index contributed by atoms with van der Waals surface area (Å²) in [6.45, 7) is 0. The Labute approximate surface area is 108 Å². The van der Waals surface area contributed by atoms with E-state index >= 15 is 0 Å². The summed E-state index contributed by atoms with van der Waals surface area (Å²) in [5.74, 6) is 0.994. The van der Waals surface area contributed by atoms with Crippen LogP contribution in [0.1, 0.15) is 11.4 Å². The molecule has 2 rings (SSSR count). The van der Waals surface area contributed by atoms with Crippen LogP contribution in [-0.2, 0) is 12.8 Å². The van der Waals surface area contributed by atoms with E-state index in [1.165, 1.54) is 0 Å². The van der Waals surface area contributed by atoms with Gasteiger partial charge in [-0.25, -0.2) is 4.98 Å². The van der Waals surface area contributed by atoms with Gasteiger partial charge in [-0.05, 0) is 18.1 Å². The highest BCUT2D eigenvalue weighted by Gasteiger charge is 2.10. The lowest BCUT2D eigenvalue weighted by Gasteiger charge is -2.09. The summed E-state index contributed by atoms with van der Waals surface area (Å²) < 4.78 is 0. The first-order valence-electron chi connectivity index (χ1n) is 5.11. The zero-order chi connectivity index (χ0) is 11.4. The maximum absolute atomic E-state index is 6.11. The first kappa shape index (κ1) is 11.7. The van der Waals surface area contributed by atoms with E-state index in [9.17, 15) is 0 Å². The second kappa shape index (κ2) is 5.51. The number of hydrogen-bond acceptors (Lipinski definition) is 1. The molecule has 0 aliphatic carbocycles. The Morgan fingerprint density at radius 3 is 2.81 bits per heavy atom. The number of aromatic nitrogens is 2. The van der Waals surface area contributed by atoms with Crippen molar-refractivity contribution in [3.05, 3.63) is 53.1 Å². The monoisotopic (exact) mass is 298 g/mol. The van der Waals surface area contributed by atoms with Crippen LogP contribution in [0.4, 0.5) is 0 Å². The maximum atomic E-state index is 6.11. The Morgan fingerprint density at radius 2 is 2.12 bits per heavy atom. The summed E-state index contributed by atoms with van der Waals surface area (Å²) in [6, 6.07) is 7.93. The van der Waals surface area contributed by atoms with Crippen LogP contribution in [0, 0.1) is 0 Å². The molecule has 0 saturated carbocycles. The van der Waals surface area contributed by atoms with Crippen molar-refractivity contribution in [2.45, 2.75) is 17.7 Å². The van der Waals surface area contributed by atoms with Gasteiger partial charge >= 0.3 is 0 Å². The number of aromatic amines is 1. The molecule has 2 aromatic rings. The van der Waals surface area contributed by atoms with Crippen molar-refractivity contribution in [2.24, 2.45) is 0 Å². The van der Waals surface area contributed by atoms with Gasteiger partial charge in [-0.1, -0.05) is 45.7 Å². The fourth-order valence-electron chi connectivity index (χ4n) is 1.59. The molecule has 0 fully saturated rings. The summed E-state index contributed by atoms with van der Waals surface area (Å²) in [7, 11) is 0. The Hall–Kier alpha value is -0.800. The third-order valence-corrected chi connectivity index (χ3v) is 3.39. The molecule has 0 radical (unpaired) electrons. The number of H-pyrrole nitrogens is 1. The molecule has 16 heavy (non-hydrogen) atoms. The van der Waals surface area contributed by atoms with Crippen LogP contribution in [0.5, 0.6) is 0 Å². The van der Waals surface area contributed by atoms with Crippen molar-refractivity contribution >= 4 is 27.5 Å². The summed E-state index contributed by atoms with van der Waals surface area (Å²) in [5, 5.41) is 0.825. The van der Waals surface area contributed by atoms with E-state index in [1.54, 1.807) is 6.20 Å². The van der Waals surface area contributed by atoms with E-state index in [1.807, 2.05) is 24.4 Å². The third kappa shape index (κ3) is 3.09. The van der Waals surface area contributed by atoms with Gasteiger partial charge in [0.25, 0.3) is 0 Å². The SMILES string of the molecule is Clc1ccccc1CC(Br)Cc1ncc[nH]1. The maximum Gasteiger partial charge on any atom is 0.107 e. The fraction of sp³-hybridized carbons (Fsp3) is 0.250. The normalized spacial score (nSPS) is 12.6. The first-order chi connectivity index (χ1) is 7.75. The van der Waals surface area contributed by atoms with Crippen molar-refractivity contribution in [2.75, 3.05) is 0 Å². The van der Waals surface area contributed by atoms with Gasteiger partial charge in [-0.2, -0.15) is 0 Å². The van der Waals surface area contributed by atoms with E-state index in [2.05, 4.69) is 32.0 Å². The second-order valence-corrected chi connectivity index (χ2v) is 5.33. The molecule has 1 heterocycles. The lowest BCUT2D eigenvalue weighted by Crippen LogP contribution is -2.08. The lowest BCUT2D eigenvalue weighted by molar-refractivity contribution is 0.814. The Morgan fingerprint density at radius 1 is 1.31 bits per heavy atom. The Bertz CT molecular complexity index is 442. The van der Waals surface area contributed by atoms with Crippen molar-refractivity contribution in [3.63, 3.8) is 0 Å². The molecule has 2 nitrogen and oxygen atoms in total. The Kier molecular flexibility index (Phi) is 4.02. The first-order valence-corrected chi connectivity index (χ1v) is 6.41. The fourth-order valence-corrected chi connectivity index (χ4v) is 2.46. The molecule has 0 amide bonds. The standard InChI is InChI=1S/C12H12BrClN2/c13-10(8-12-15-5-6-16-12)7-9-3-1-2-4-11(9)14/h1-6,10H,7-8H2,(H,15,16). The van der Waals surface area contributed by atoms with Gasteiger partial charge in [0, 0.05) is 28.7 Å². The van der Waals surface area contributed by atoms with Crippen molar-refractivity contribution in [3.8, 4) is 0 Å². The molecule has 1 aromatic carbocycles. The number of benzene rings is 1. The number of imidazole rings is 1. The van der Waals surface area contributed by atoms with Crippen LogP contribution in [0.2, 0.25) is 5.02 Å². The highest BCUT2D eigenvalue weighted by Crippen LogP contribution is 2.20. The quantitative estimate of drug-likeness (QED) is 0.858. The average Bonchev–Trinajstić information content (AvgIpc) is 2.74. The van der Waals surface area contributed by atoms with E-state index in [-0.39, 0.29) is 0 Å². The summed E-state index contributed by atoms with van der Waals surface area (Å²) in [6.07, 6.45) is 5.38. The molecule has 1 atom stereocenters. The molecule has 4 heteroatoms. The van der Waals surface area contributed by atoms with Gasteiger partial charge in [0.05, 0.1) is 0 Å². The van der Waals surface area contributed by atoms with Gasteiger partial charge in [0.1, 0.15) is 5.82 Å². The van der Waals surface area contributed by atoms with E-state index in [0.29, 0.717) is 4.83 Å².